The SMILES string of the molecule is COC(=O)c1c([N+](=O)[O-])cnc(C(F)F)c1F. The van der Waals surface area contributed by atoms with Gasteiger partial charge in [-0.05, 0) is 0 Å². The monoisotopic (exact) mass is 250 g/mol. The molecule has 0 amide bonds. The van der Waals surface area contributed by atoms with Gasteiger partial charge in [-0.1, -0.05) is 0 Å². The minimum Gasteiger partial charge on any atom is -0.465 e. The Balaban J connectivity index is 3.53. The van der Waals surface area contributed by atoms with Crippen molar-refractivity contribution < 1.29 is 27.6 Å². The van der Waals surface area contributed by atoms with E-state index in [0.717, 1.165) is 7.11 Å². The molecular weight excluding hydrogens is 245 g/mol. The summed E-state index contributed by atoms with van der Waals surface area (Å²) in [4.78, 5) is 23.4. The van der Waals surface area contributed by atoms with Crippen LogP contribution in [-0.4, -0.2) is 23.0 Å². The largest absolute Gasteiger partial charge is 0.465 e. The predicted octanol–water partition coefficient (Wildman–Crippen LogP) is 1.85. The quantitative estimate of drug-likeness (QED) is 0.464. The molecule has 17 heavy (non-hydrogen) atoms. The molecule has 0 spiro atoms. The molecule has 0 saturated carbocycles. The highest BCUT2D eigenvalue weighted by molar-refractivity contribution is 5.94. The van der Waals surface area contributed by atoms with Gasteiger partial charge in [-0.3, -0.25) is 10.1 Å². The molecule has 9 heteroatoms. The fourth-order valence-electron chi connectivity index (χ4n) is 1.08. The molecule has 0 saturated heterocycles. The topological polar surface area (TPSA) is 82.3 Å². The number of nitro groups is 1. The molecule has 0 aliphatic heterocycles. The van der Waals surface area contributed by atoms with E-state index in [1.807, 2.05) is 0 Å². The number of nitrogens with zero attached hydrogens (tertiary/aromatic N) is 2. The summed E-state index contributed by atoms with van der Waals surface area (Å²) in [6, 6.07) is 0. The maximum absolute atomic E-state index is 13.4. The van der Waals surface area contributed by atoms with Crippen molar-refractivity contribution in [3.05, 3.63) is 33.4 Å². The first kappa shape index (κ1) is 12.9. The normalized spacial score (nSPS) is 10.4. The van der Waals surface area contributed by atoms with Gasteiger partial charge in [0.05, 0.1) is 12.0 Å². The molecule has 6 nitrogen and oxygen atoms in total. The minimum absolute atomic E-state index is 0.386. The van der Waals surface area contributed by atoms with Crippen molar-refractivity contribution in [1.29, 1.82) is 0 Å². The van der Waals surface area contributed by atoms with Crippen molar-refractivity contribution >= 4 is 11.7 Å². The zero-order chi connectivity index (χ0) is 13.2. The maximum atomic E-state index is 13.4. The third kappa shape index (κ3) is 2.32. The van der Waals surface area contributed by atoms with E-state index >= 15 is 0 Å². The van der Waals surface area contributed by atoms with Gasteiger partial charge in [0.15, 0.2) is 11.4 Å². The van der Waals surface area contributed by atoms with Crippen LogP contribution in [0, 0.1) is 15.9 Å². The van der Waals surface area contributed by atoms with Gasteiger partial charge < -0.3 is 4.74 Å². The minimum atomic E-state index is -3.29. The van der Waals surface area contributed by atoms with E-state index in [4.69, 9.17) is 0 Å². The van der Waals surface area contributed by atoms with Crippen LogP contribution in [0.25, 0.3) is 0 Å². The molecule has 0 aliphatic carbocycles. The lowest BCUT2D eigenvalue weighted by Gasteiger charge is -2.05. The van der Waals surface area contributed by atoms with E-state index in [-0.39, 0.29) is 0 Å². The standard InChI is InChI=1S/C8H5F3N2O4/c1-17-8(14)4-3(13(15)16)2-12-6(5(4)9)7(10)11/h2,7H,1H3. The van der Waals surface area contributed by atoms with Crippen molar-refractivity contribution in [2.24, 2.45) is 0 Å². The Labute approximate surface area is 92.2 Å². The summed E-state index contributed by atoms with van der Waals surface area (Å²) in [6.07, 6.45) is -2.91. The second-order valence-corrected chi connectivity index (χ2v) is 2.77. The number of aromatic nitrogens is 1. The Morgan fingerprint density at radius 1 is 1.59 bits per heavy atom. The average Bonchev–Trinajstić information content (AvgIpc) is 2.26. The molecule has 0 bridgehead atoms. The predicted molar refractivity (Wildman–Crippen MR) is 47.1 cm³/mol. The van der Waals surface area contributed by atoms with Gasteiger partial charge in [-0.25, -0.2) is 22.9 Å². The number of methoxy groups -OCH3 is 1. The molecule has 1 aromatic rings. The summed E-state index contributed by atoms with van der Waals surface area (Å²) in [5.41, 5.74) is -3.53. The van der Waals surface area contributed by atoms with Crippen molar-refractivity contribution in [3.8, 4) is 0 Å². The zero-order valence-electron chi connectivity index (χ0n) is 8.32. The van der Waals surface area contributed by atoms with Crippen LogP contribution in [0.1, 0.15) is 22.5 Å². The van der Waals surface area contributed by atoms with Crippen molar-refractivity contribution in [2.45, 2.75) is 6.43 Å². The molecule has 1 heterocycles. The van der Waals surface area contributed by atoms with Crippen LogP contribution in [0.5, 0.6) is 0 Å². The van der Waals surface area contributed by atoms with E-state index in [2.05, 4.69) is 9.72 Å². The highest BCUT2D eigenvalue weighted by Gasteiger charge is 2.31. The van der Waals surface area contributed by atoms with Crippen LogP contribution in [0.2, 0.25) is 0 Å². The van der Waals surface area contributed by atoms with Crippen molar-refractivity contribution in [3.63, 3.8) is 0 Å². The Morgan fingerprint density at radius 3 is 2.59 bits per heavy atom. The molecule has 1 aromatic heterocycles. The number of rotatable bonds is 3. The second kappa shape index (κ2) is 4.76. The molecule has 1 rings (SSSR count). The Morgan fingerprint density at radius 2 is 2.18 bits per heavy atom. The first-order valence-electron chi connectivity index (χ1n) is 4.09. The number of ether oxygens (including phenoxy) is 1. The average molecular weight is 250 g/mol. The third-order valence-electron chi connectivity index (χ3n) is 1.82. The van der Waals surface area contributed by atoms with E-state index in [9.17, 15) is 28.1 Å². The number of halogens is 3. The molecule has 0 unspecified atom stereocenters. The molecule has 0 fully saturated rings. The van der Waals surface area contributed by atoms with Crippen molar-refractivity contribution in [2.75, 3.05) is 7.11 Å². The van der Waals surface area contributed by atoms with Gasteiger partial charge in [0.2, 0.25) is 0 Å². The van der Waals surface area contributed by atoms with E-state index in [1.165, 1.54) is 0 Å². The summed E-state index contributed by atoms with van der Waals surface area (Å²) in [5.74, 6) is -3.17. The highest BCUT2D eigenvalue weighted by Crippen LogP contribution is 2.28. The number of carbonyl (C=O) groups is 1. The van der Waals surface area contributed by atoms with Gasteiger partial charge in [-0.15, -0.1) is 0 Å². The van der Waals surface area contributed by atoms with Crippen LogP contribution < -0.4 is 0 Å². The first-order valence-corrected chi connectivity index (χ1v) is 4.09. The highest BCUT2D eigenvalue weighted by atomic mass is 19.3. The molecule has 92 valence electrons. The smallest absolute Gasteiger partial charge is 0.348 e. The molecular formula is C8H5F3N2O4. The van der Waals surface area contributed by atoms with Crippen LogP contribution in [-0.2, 0) is 4.74 Å². The van der Waals surface area contributed by atoms with E-state index in [1.54, 1.807) is 0 Å². The number of carbonyl (C=O) groups excluding carboxylic acids is 1. The lowest BCUT2D eigenvalue weighted by molar-refractivity contribution is -0.385. The van der Waals surface area contributed by atoms with Crippen LogP contribution in [0.15, 0.2) is 6.20 Å². The maximum Gasteiger partial charge on any atom is 0.348 e. The molecule has 0 atom stereocenters. The molecule has 0 aliphatic rings. The fraction of sp³-hybridized carbons (Fsp3) is 0.250. The Bertz CT molecular complexity index is 478. The lowest BCUT2D eigenvalue weighted by Crippen LogP contribution is -2.12. The van der Waals surface area contributed by atoms with Gasteiger partial charge in [0, 0.05) is 0 Å². The van der Waals surface area contributed by atoms with Gasteiger partial charge in [0.1, 0.15) is 11.9 Å². The van der Waals surface area contributed by atoms with E-state index < -0.39 is 40.1 Å². The summed E-state index contributed by atoms with van der Waals surface area (Å²) in [7, 11) is 0.841. The number of hydrogen-bond donors (Lipinski definition) is 0. The van der Waals surface area contributed by atoms with Crippen LogP contribution in [0.3, 0.4) is 0 Å². The summed E-state index contributed by atoms with van der Waals surface area (Å²) in [5, 5.41) is 10.5. The molecule has 0 radical (unpaired) electrons. The fourth-order valence-corrected chi connectivity index (χ4v) is 1.08. The van der Waals surface area contributed by atoms with Gasteiger partial charge in [0.25, 0.3) is 6.43 Å². The van der Waals surface area contributed by atoms with Crippen LogP contribution in [0.4, 0.5) is 18.9 Å². The zero-order valence-corrected chi connectivity index (χ0v) is 8.32. The molecule has 0 N–H and O–H groups in total. The van der Waals surface area contributed by atoms with Gasteiger partial charge >= 0.3 is 11.7 Å². The number of esters is 1. The van der Waals surface area contributed by atoms with Crippen LogP contribution >= 0.6 is 0 Å². The summed E-state index contributed by atoms with van der Waals surface area (Å²) >= 11 is 0. The number of pyridine rings is 1. The second-order valence-electron chi connectivity index (χ2n) is 2.77. The lowest BCUT2D eigenvalue weighted by atomic mass is 10.2. The molecule has 0 aromatic carbocycles. The van der Waals surface area contributed by atoms with Gasteiger partial charge in [-0.2, -0.15) is 0 Å². The Hall–Kier alpha value is -2.19. The number of alkyl halides is 2. The summed E-state index contributed by atoms with van der Waals surface area (Å²) < 4.78 is 42.1. The van der Waals surface area contributed by atoms with E-state index in [0.29, 0.717) is 6.20 Å². The number of hydrogen-bond acceptors (Lipinski definition) is 5. The first-order chi connectivity index (χ1) is 7.90. The summed E-state index contributed by atoms with van der Waals surface area (Å²) in [6.45, 7) is 0. The third-order valence-corrected chi connectivity index (χ3v) is 1.82. The Kier molecular flexibility index (Phi) is 3.61. The van der Waals surface area contributed by atoms with Crippen molar-refractivity contribution in [1.82, 2.24) is 4.98 Å².